The van der Waals surface area contributed by atoms with E-state index in [-0.39, 0.29) is 31.1 Å². The molecule has 0 aliphatic carbocycles. The van der Waals surface area contributed by atoms with Crippen molar-refractivity contribution in [2.45, 2.75) is 264 Å². The Morgan fingerprint density at radius 1 is 0.328 bits per heavy atom. The van der Waals surface area contributed by atoms with Gasteiger partial charge in [0.25, 0.3) is 0 Å². The number of unbranched alkanes of at least 4 members (excludes halogenated alkanes) is 25. The monoisotopic (exact) mass is 893 g/mol. The lowest BCUT2D eigenvalue weighted by atomic mass is 10.1. The summed E-state index contributed by atoms with van der Waals surface area (Å²) in [5.41, 5.74) is 0. The minimum Gasteiger partial charge on any atom is -0.462 e. The van der Waals surface area contributed by atoms with Gasteiger partial charge in [-0.1, -0.05) is 203 Å². The number of esters is 3. The zero-order valence-corrected chi connectivity index (χ0v) is 42.0. The third kappa shape index (κ3) is 49.9. The third-order valence-corrected chi connectivity index (χ3v) is 11.4. The van der Waals surface area contributed by atoms with Gasteiger partial charge in [-0.15, -0.1) is 0 Å². The average Bonchev–Trinajstić information content (AvgIpc) is 3.29. The van der Waals surface area contributed by atoms with Gasteiger partial charge in [-0.3, -0.25) is 14.4 Å². The highest BCUT2D eigenvalue weighted by molar-refractivity contribution is 5.71. The molecule has 0 saturated heterocycles. The Balaban J connectivity index is 4.40. The Bertz CT molecular complexity index is 1210. The number of allylic oxidation sites excluding steroid dienone is 12. The Hall–Kier alpha value is -3.15. The second-order valence-corrected chi connectivity index (χ2v) is 17.7. The minimum atomic E-state index is -0.787. The third-order valence-electron chi connectivity index (χ3n) is 11.4. The highest BCUT2D eigenvalue weighted by Crippen LogP contribution is 2.14. The molecule has 0 bridgehead atoms. The molecular formula is C58H100O6. The van der Waals surface area contributed by atoms with Crippen molar-refractivity contribution in [3.8, 4) is 0 Å². The molecule has 368 valence electrons. The molecule has 0 aliphatic rings. The van der Waals surface area contributed by atoms with Crippen molar-refractivity contribution in [2.75, 3.05) is 13.2 Å². The Labute approximate surface area is 395 Å². The van der Waals surface area contributed by atoms with Crippen LogP contribution < -0.4 is 0 Å². The smallest absolute Gasteiger partial charge is 0.306 e. The topological polar surface area (TPSA) is 78.9 Å². The summed E-state index contributed by atoms with van der Waals surface area (Å²) in [6.45, 7) is 6.46. The molecule has 0 aromatic rings. The lowest BCUT2D eigenvalue weighted by Crippen LogP contribution is -2.30. The van der Waals surface area contributed by atoms with E-state index in [1.807, 2.05) is 0 Å². The maximum atomic E-state index is 12.8. The van der Waals surface area contributed by atoms with Crippen LogP contribution in [0.1, 0.15) is 258 Å². The van der Waals surface area contributed by atoms with Crippen molar-refractivity contribution in [2.24, 2.45) is 0 Å². The molecule has 0 aromatic heterocycles. The molecule has 0 radical (unpaired) electrons. The minimum absolute atomic E-state index is 0.0861. The van der Waals surface area contributed by atoms with E-state index in [1.165, 1.54) is 116 Å². The molecule has 0 saturated carbocycles. The average molecular weight is 893 g/mol. The Kier molecular flexibility index (Phi) is 49.9. The fraction of sp³-hybridized carbons (Fsp3) is 0.741. The van der Waals surface area contributed by atoms with Crippen molar-refractivity contribution in [3.05, 3.63) is 72.9 Å². The summed E-state index contributed by atoms with van der Waals surface area (Å²) in [6.07, 6.45) is 65.9. The molecule has 0 fully saturated rings. The van der Waals surface area contributed by atoms with Crippen LogP contribution in [0.2, 0.25) is 0 Å². The molecule has 0 aromatic carbocycles. The van der Waals surface area contributed by atoms with Gasteiger partial charge in [-0.25, -0.2) is 0 Å². The van der Waals surface area contributed by atoms with Gasteiger partial charge in [-0.2, -0.15) is 0 Å². The van der Waals surface area contributed by atoms with Crippen molar-refractivity contribution in [3.63, 3.8) is 0 Å². The van der Waals surface area contributed by atoms with E-state index in [0.29, 0.717) is 19.3 Å². The van der Waals surface area contributed by atoms with Crippen LogP contribution in [0.3, 0.4) is 0 Å². The molecule has 0 spiro atoms. The number of carbonyl (C=O) groups excluding carboxylic acids is 3. The van der Waals surface area contributed by atoms with E-state index in [0.717, 1.165) is 103 Å². The van der Waals surface area contributed by atoms with E-state index in [4.69, 9.17) is 14.2 Å². The highest BCUT2D eigenvalue weighted by atomic mass is 16.6. The lowest BCUT2D eigenvalue weighted by Gasteiger charge is -2.18. The number of carbonyl (C=O) groups is 3. The highest BCUT2D eigenvalue weighted by Gasteiger charge is 2.19. The standard InChI is InChI=1S/C58H100O6/c1-4-7-10-13-16-19-22-25-27-29-31-33-36-39-42-45-48-51-57(60)63-54-55(53-62-56(59)50-47-44-41-38-35-24-21-18-15-12-9-6-3)64-58(61)52-49-46-43-40-37-34-32-30-28-26-23-20-17-14-11-8-5-2/h7,10,16-21,25-28,55H,4-6,8-9,11-15,22-24,29-54H2,1-3H3/b10-7-,19-16-,20-17-,21-18-,27-25-,28-26-. The Morgan fingerprint density at radius 3 is 0.969 bits per heavy atom. The van der Waals surface area contributed by atoms with E-state index < -0.39 is 6.10 Å². The fourth-order valence-corrected chi connectivity index (χ4v) is 7.36. The van der Waals surface area contributed by atoms with Gasteiger partial charge in [0.15, 0.2) is 6.10 Å². The second-order valence-electron chi connectivity index (χ2n) is 17.7. The molecule has 6 heteroatoms. The fourth-order valence-electron chi connectivity index (χ4n) is 7.36. The largest absolute Gasteiger partial charge is 0.462 e. The van der Waals surface area contributed by atoms with E-state index >= 15 is 0 Å². The van der Waals surface area contributed by atoms with E-state index in [1.54, 1.807) is 0 Å². The maximum Gasteiger partial charge on any atom is 0.306 e. The first-order valence-corrected chi connectivity index (χ1v) is 26.9. The first-order chi connectivity index (χ1) is 31.5. The number of hydrogen-bond acceptors (Lipinski definition) is 6. The van der Waals surface area contributed by atoms with Crippen LogP contribution in [0.25, 0.3) is 0 Å². The summed E-state index contributed by atoms with van der Waals surface area (Å²) in [7, 11) is 0. The summed E-state index contributed by atoms with van der Waals surface area (Å²) < 4.78 is 16.8. The van der Waals surface area contributed by atoms with Crippen molar-refractivity contribution < 1.29 is 28.6 Å². The normalized spacial score (nSPS) is 12.6. The Morgan fingerprint density at radius 2 is 0.609 bits per heavy atom. The number of hydrogen-bond donors (Lipinski definition) is 0. The molecule has 0 amide bonds. The summed E-state index contributed by atoms with van der Waals surface area (Å²) in [6, 6.07) is 0. The first kappa shape index (κ1) is 60.9. The van der Waals surface area contributed by atoms with Gasteiger partial charge in [-0.05, 0) is 109 Å². The van der Waals surface area contributed by atoms with E-state index in [2.05, 4.69) is 93.7 Å². The van der Waals surface area contributed by atoms with Gasteiger partial charge < -0.3 is 14.2 Å². The first-order valence-electron chi connectivity index (χ1n) is 26.9. The van der Waals surface area contributed by atoms with Gasteiger partial charge in [0.05, 0.1) is 0 Å². The quantitative estimate of drug-likeness (QED) is 0.0262. The molecule has 0 N–H and O–H groups in total. The maximum absolute atomic E-state index is 12.8. The lowest BCUT2D eigenvalue weighted by molar-refractivity contribution is -0.167. The molecule has 0 rings (SSSR count). The van der Waals surface area contributed by atoms with Crippen LogP contribution in [0.5, 0.6) is 0 Å². The van der Waals surface area contributed by atoms with Crippen LogP contribution in [-0.2, 0) is 28.6 Å². The second kappa shape index (κ2) is 52.5. The molecular weight excluding hydrogens is 793 g/mol. The van der Waals surface area contributed by atoms with Gasteiger partial charge in [0.1, 0.15) is 13.2 Å². The molecule has 1 atom stereocenters. The molecule has 1 unspecified atom stereocenters. The van der Waals surface area contributed by atoms with Gasteiger partial charge in [0, 0.05) is 19.3 Å². The van der Waals surface area contributed by atoms with Crippen molar-refractivity contribution in [1.82, 2.24) is 0 Å². The molecule has 64 heavy (non-hydrogen) atoms. The summed E-state index contributed by atoms with van der Waals surface area (Å²) in [5.74, 6) is -0.909. The number of rotatable bonds is 48. The molecule has 6 nitrogen and oxygen atoms in total. The van der Waals surface area contributed by atoms with Gasteiger partial charge >= 0.3 is 17.9 Å². The summed E-state index contributed by atoms with van der Waals surface area (Å²) >= 11 is 0. The van der Waals surface area contributed by atoms with Gasteiger partial charge in [0.2, 0.25) is 0 Å². The SMILES string of the molecule is CC/C=C\C/C=C\C/C=C\CCCCCCCCCC(=O)OCC(COC(=O)CCCCCCC/C=C\CCCCC)OC(=O)CCCCCCCCC/C=C\C/C=C\CCCCC. The van der Waals surface area contributed by atoms with Crippen molar-refractivity contribution in [1.29, 1.82) is 0 Å². The summed E-state index contributed by atoms with van der Waals surface area (Å²) in [5, 5.41) is 0. The zero-order chi connectivity index (χ0) is 46.5. The van der Waals surface area contributed by atoms with E-state index in [9.17, 15) is 14.4 Å². The zero-order valence-electron chi connectivity index (χ0n) is 42.0. The van der Waals surface area contributed by atoms with Crippen LogP contribution in [0.4, 0.5) is 0 Å². The molecule has 0 heterocycles. The predicted octanol–water partition coefficient (Wildman–Crippen LogP) is 17.8. The number of ether oxygens (including phenoxy) is 3. The van der Waals surface area contributed by atoms with Crippen LogP contribution in [0.15, 0.2) is 72.9 Å². The van der Waals surface area contributed by atoms with Crippen LogP contribution >= 0.6 is 0 Å². The van der Waals surface area contributed by atoms with Crippen LogP contribution in [-0.4, -0.2) is 37.2 Å². The van der Waals surface area contributed by atoms with Crippen LogP contribution in [0, 0.1) is 0 Å². The predicted molar refractivity (Wildman–Crippen MR) is 274 cm³/mol. The summed E-state index contributed by atoms with van der Waals surface area (Å²) in [4.78, 5) is 38.0. The molecule has 0 aliphatic heterocycles. The van der Waals surface area contributed by atoms with Crippen molar-refractivity contribution >= 4 is 17.9 Å².